The zero-order valence-electron chi connectivity index (χ0n) is 12.0. The molecule has 0 radical (unpaired) electrons. The Morgan fingerprint density at radius 1 is 1.38 bits per heavy atom. The lowest BCUT2D eigenvalue weighted by molar-refractivity contribution is 0.390. The molecule has 1 heterocycles. The molecular formula is C16H17ClFNOS. The quantitative estimate of drug-likeness (QED) is 0.719. The van der Waals surface area contributed by atoms with Gasteiger partial charge in [0.05, 0.1) is 16.4 Å². The first-order valence-corrected chi connectivity index (χ1v) is 8.31. The van der Waals surface area contributed by atoms with Gasteiger partial charge in [-0.3, -0.25) is 0 Å². The van der Waals surface area contributed by atoms with E-state index in [-0.39, 0.29) is 5.82 Å². The molecule has 2 nitrogen and oxygen atoms in total. The smallest absolute Gasteiger partial charge is 0.136 e. The molecule has 0 aromatic heterocycles. The van der Waals surface area contributed by atoms with Gasteiger partial charge in [0, 0.05) is 18.2 Å². The van der Waals surface area contributed by atoms with Crippen molar-refractivity contribution in [2.75, 3.05) is 18.7 Å². The lowest BCUT2D eigenvalue weighted by atomic mass is 10.1. The highest BCUT2D eigenvalue weighted by Gasteiger charge is 2.21. The third kappa shape index (κ3) is 3.44. The summed E-state index contributed by atoms with van der Waals surface area (Å²) in [5.74, 6) is 0.701. The summed E-state index contributed by atoms with van der Waals surface area (Å²) >= 11 is 7.62. The van der Waals surface area contributed by atoms with Gasteiger partial charge in [-0.1, -0.05) is 18.2 Å². The highest BCUT2D eigenvalue weighted by Crippen LogP contribution is 2.34. The summed E-state index contributed by atoms with van der Waals surface area (Å²) < 4.78 is 19.8. The Morgan fingerprint density at radius 3 is 2.76 bits per heavy atom. The molecule has 2 rings (SSSR count). The lowest BCUT2D eigenvalue weighted by Crippen LogP contribution is -2.23. The van der Waals surface area contributed by atoms with E-state index in [0.717, 1.165) is 5.70 Å². The predicted octanol–water partition coefficient (Wildman–Crippen LogP) is 4.84. The first kappa shape index (κ1) is 16.0. The van der Waals surface area contributed by atoms with Gasteiger partial charge in [-0.15, -0.1) is 11.8 Å². The normalized spacial score (nSPS) is 14.9. The molecule has 21 heavy (non-hydrogen) atoms. The van der Waals surface area contributed by atoms with Gasteiger partial charge in [0.2, 0.25) is 0 Å². The molecule has 1 aliphatic heterocycles. The van der Waals surface area contributed by atoms with Crippen LogP contribution in [0.1, 0.15) is 12.5 Å². The van der Waals surface area contributed by atoms with Crippen LogP contribution in [-0.4, -0.2) is 23.6 Å². The van der Waals surface area contributed by atoms with Gasteiger partial charge in [0.25, 0.3) is 0 Å². The van der Waals surface area contributed by atoms with E-state index in [1.807, 2.05) is 18.1 Å². The maximum absolute atomic E-state index is 14.4. The van der Waals surface area contributed by atoms with E-state index >= 15 is 0 Å². The van der Waals surface area contributed by atoms with E-state index in [1.165, 1.54) is 6.07 Å². The van der Waals surface area contributed by atoms with Crippen molar-refractivity contribution < 1.29 is 9.13 Å². The molecule has 0 unspecified atom stereocenters. The fraction of sp³-hybridized carbons (Fsp3) is 0.250. The Hall–Kier alpha value is -1.39. The average Bonchev–Trinajstić information content (AvgIpc) is 2.48. The van der Waals surface area contributed by atoms with Crippen LogP contribution < -0.4 is 4.74 Å². The summed E-state index contributed by atoms with van der Waals surface area (Å²) in [6, 6.07) is 4.90. The van der Waals surface area contributed by atoms with Crippen LogP contribution in [0.3, 0.4) is 0 Å². The first-order chi connectivity index (χ1) is 10.1. The maximum atomic E-state index is 14.4. The summed E-state index contributed by atoms with van der Waals surface area (Å²) in [5.41, 5.74) is 1.94. The molecule has 0 spiro atoms. The number of rotatable bonds is 5. The highest BCUT2D eigenvalue weighted by molar-refractivity contribution is 7.98. The van der Waals surface area contributed by atoms with Crippen molar-refractivity contribution in [1.29, 1.82) is 0 Å². The fourth-order valence-electron chi connectivity index (χ4n) is 2.13. The highest BCUT2D eigenvalue weighted by atomic mass is 35.5. The zero-order chi connectivity index (χ0) is 15.4. The summed E-state index contributed by atoms with van der Waals surface area (Å²) in [7, 11) is 0. The van der Waals surface area contributed by atoms with Crippen LogP contribution in [0.25, 0.3) is 5.70 Å². The van der Waals surface area contributed by atoms with Gasteiger partial charge < -0.3 is 9.64 Å². The van der Waals surface area contributed by atoms with Crippen LogP contribution in [0.15, 0.2) is 47.7 Å². The zero-order valence-corrected chi connectivity index (χ0v) is 13.6. The van der Waals surface area contributed by atoms with Gasteiger partial charge in [-0.05, 0) is 37.5 Å². The number of nitrogens with zero attached hydrogens (tertiary/aromatic N) is 1. The topological polar surface area (TPSA) is 12.5 Å². The minimum atomic E-state index is -0.322. The molecule has 1 aromatic carbocycles. The van der Waals surface area contributed by atoms with Crippen LogP contribution >= 0.6 is 23.4 Å². The number of allylic oxidation sites excluding steroid dienone is 3. The molecule has 0 atom stereocenters. The summed E-state index contributed by atoms with van der Waals surface area (Å²) in [5, 5.41) is 0.570. The van der Waals surface area contributed by atoms with Gasteiger partial charge in [-0.2, -0.15) is 0 Å². The molecule has 0 aliphatic carbocycles. The van der Waals surface area contributed by atoms with Crippen LogP contribution in [0.2, 0.25) is 0 Å². The molecule has 0 fully saturated rings. The molecular weight excluding hydrogens is 309 g/mol. The number of ether oxygens (including phenoxy) is 1. The van der Waals surface area contributed by atoms with Crippen LogP contribution in [0.5, 0.6) is 5.75 Å². The third-order valence-electron chi connectivity index (χ3n) is 3.16. The molecule has 0 saturated heterocycles. The molecule has 112 valence electrons. The van der Waals surface area contributed by atoms with E-state index < -0.39 is 0 Å². The van der Waals surface area contributed by atoms with Crippen molar-refractivity contribution in [3.63, 3.8) is 0 Å². The van der Waals surface area contributed by atoms with Crippen molar-refractivity contribution in [1.82, 2.24) is 4.90 Å². The Kier molecular flexibility index (Phi) is 5.37. The van der Waals surface area contributed by atoms with E-state index in [2.05, 4.69) is 6.58 Å². The van der Waals surface area contributed by atoms with Crippen molar-refractivity contribution >= 4 is 29.1 Å². The fourth-order valence-corrected chi connectivity index (χ4v) is 2.55. The SMILES string of the molecule is C=C1C(Cl)=CC=C(c2ccc(OCSC)cc2F)N1CC. The number of hydrogen-bond donors (Lipinski definition) is 0. The summed E-state index contributed by atoms with van der Waals surface area (Å²) in [4.78, 5) is 1.89. The molecule has 5 heteroatoms. The molecule has 0 amide bonds. The number of halogens is 2. The van der Waals surface area contributed by atoms with Crippen LogP contribution in [-0.2, 0) is 0 Å². The second kappa shape index (κ2) is 7.05. The number of likely N-dealkylation sites (N-methyl/N-ethyl adjacent to an activating group) is 1. The lowest BCUT2D eigenvalue weighted by Gasteiger charge is -2.30. The van der Waals surface area contributed by atoms with Crippen molar-refractivity contribution in [3.05, 3.63) is 59.0 Å². The minimum Gasteiger partial charge on any atom is -0.483 e. The molecule has 1 aromatic rings. The van der Waals surface area contributed by atoms with Gasteiger partial charge in [0.1, 0.15) is 17.5 Å². The molecule has 0 bridgehead atoms. The van der Waals surface area contributed by atoms with E-state index in [4.69, 9.17) is 16.3 Å². The average molecular weight is 326 g/mol. The second-order valence-electron chi connectivity index (χ2n) is 4.45. The molecule has 1 aliphatic rings. The Bertz CT molecular complexity index is 612. The second-order valence-corrected chi connectivity index (χ2v) is 5.67. The van der Waals surface area contributed by atoms with Gasteiger partial charge >= 0.3 is 0 Å². The standard InChI is InChI=1S/C16H17ClFNOS/c1-4-19-11(2)14(17)7-8-16(19)13-6-5-12(9-15(13)18)20-10-21-3/h5-9H,2,4,10H2,1,3H3. The minimum absolute atomic E-state index is 0.322. The van der Waals surface area contributed by atoms with Crippen LogP contribution in [0.4, 0.5) is 4.39 Å². The molecule has 0 saturated carbocycles. The monoisotopic (exact) mass is 325 g/mol. The predicted molar refractivity (Wildman–Crippen MR) is 88.8 cm³/mol. The third-order valence-corrected chi connectivity index (χ3v) is 3.85. The first-order valence-electron chi connectivity index (χ1n) is 6.54. The van der Waals surface area contributed by atoms with Crippen molar-refractivity contribution in [3.8, 4) is 5.75 Å². The molecule has 0 N–H and O–H groups in total. The summed E-state index contributed by atoms with van der Waals surface area (Å²) in [6.45, 7) is 6.59. The van der Waals surface area contributed by atoms with E-state index in [1.54, 1.807) is 36.0 Å². The summed E-state index contributed by atoms with van der Waals surface area (Å²) in [6.07, 6.45) is 5.47. The largest absolute Gasteiger partial charge is 0.483 e. The Balaban J connectivity index is 2.35. The van der Waals surface area contributed by atoms with Gasteiger partial charge in [0.15, 0.2) is 0 Å². The van der Waals surface area contributed by atoms with E-state index in [9.17, 15) is 4.39 Å². The number of thioether (sulfide) groups is 1. The maximum Gasteiger partial charge on any atom is 0.136 e. The van der Waals surface area contributed by atoms with Crippen molar-refractivity contribution in [2.24, 2.45) is 0 Å². The Labute approximate surface area is 133 Å². The van der Waals surface area contributed by atoms with Crippen molar-refractivity contribution in [2.45, 2.75) is 6.92 Å². The van der Waals surface area contributed by atoms with Crippen LogP contribution in [0, 0.1) is 5.82 Å². The van der Waals surface area contributed by atoms with E-state index in [0.29, 0.717) is 34.5 Å². The Morgan fingerprint density at radius 2 is 2.14 bits per heavy atom. The number of benzene rings is 1. The van der Waals surface area contributed by atoms with Gasteiger partial charge in [-0.25, -0.2) is 4.39 Å². The number of hydrogen-bond acceptors (Lipinski definition) is 3.